The van der Waals surface area contributed by atoms with Gasteiger partial charge in [-0.05, 0) is 57.8 Å². The molecule has 0 aliphatic carbocycles. The molecule has 0 aromatic heterocycles. The fourth-order valence-electron chi connectivity index (χ4n) is 7.46. The molecule has 66 heavy (non-hydrogen) atoms. The van der Waals surface area contributed by atoms with E-state index in [4.69, 9.17) is 14.2 Å². The van der Waals surface area contributed by atoms with Gasteiger partial charge in [-0.2, -0.15) is 0 Å². The summed E-state index contributed by atoms with van der Waals surface area (Å²) in [6.45, 7) is 6.33. The van der Waals surface area contributed by atoms with Gasteiger partial charge in [0.05, 0.1) is 0 Å². The third-order valence-corrected chi connectivity index (χ3v) is 11.5. The maximum Gasteiger partial charge on any atom is 0.306 e. The number of unbranched alkanes of at least 4 members (excludes halogenated alkanes) is 27. The highest BCUT2D eigenvalue weighted by atomic mass is 16.6. The molecule has 0 aromatic rings. The molecule has 0 saturated carbocycles. The number of hydrogen-bond acceptors (Lipinski definition) is 6. The zero-order valence-electron chi connectivity index (χ0n) is 42.9. The van der Waals surface area contributed by atoms with E-state index >= 15 is 0 Å². The lowest BCUT2D eigenvalue weighted by Crippen LogP contribution is -2.30. The molecule has 0 heterocycles. The number of carbonyl (C=O) groups excluding carboxylic acids is 3. The van der Waals surface area contributed by atoms with Crippen molar-refractivity contribution in [2.75, 3.05) is 13.2 Å². The minimum Gasteiger partial charge on any atom is -0.462 e. The highest BCUT2D eigenvalue weighted by molar-refractivity contribution is 5.71. The van der Waals surface area contributed by atoms with E-state index < -0.39 is 6.10 Å². The molecule has 1 atom stereocenters. The van der Waals surface area contributed by atoms with Crippen molar-refractivity contribution in [3.8, 4) is 0 Å². The van der Waals surface area contributed by atoms with Gasteiger partial charge in [-0.15, -0.1) is 0 Å². The standard InChI is InChI=1S/C60H100O6/c1-4-7-10-13-16-19-22-25-28-29-30-33-35-38-41-44-47-50-53-59(62)65-56-57(66-60(63)54-51-48-45-42-39-36-32-27-24-21-18-15-12-9-6-3)55-64-58(61)52-49-46-43-40-37-34-31-26-23-20-17-14-11-8-5-2/h8-9,11-12,14-15,17-18,20-21,23-24,26-27,31-32,57H,4-7,10,13,16,19,22,25,28-30,33-56H2,1-3H3/b11-8-,12-9-,17-14-,18-15-,23-20-,24-21-,31-26-,32-27-. The van der Waals surface area contributed by atoms with Crippen molar-refractivity contribution in [2.24, 2.45) is 0 Å². The normalized spacial score (nSPS) is 12.8. The van der Waals surface area contributed by atoms with E-state index in [1.165, 1.54) is 96.3 Å². The fourth-order valence-corrected chi connectivity index (χ4v) is 7.46. The van der Waals surface area contributed by atoms with Gasteiger partial charge in [-0.25, -0.2) is 0 Å². The van der Waals surface area contributed by atoms with Crippen LogP contribution in [0.3, 0.4) is 0 Å². The number of esters is 3. The van der Waals surface area contributed by atoms with Gasteiger partial charge >= 0.3 is 17.9 Å². The molecule has 0 spiro atoms. The van der Waals surface area contributed by atoms with Crippen molar-refractivity contribution < 1.29 is 28.6 Å². The van der Waals surface area contributed by atoms with Crippen molar-refractivity contribution in [1.29, 1.82) is 0 Å². The Hall–Kier alpha value is -3.67. The first-order chi connectivity index (χ1) is 32.5. The minimum atomic E-state index is -0.799. The second kappa shape index (κ2) is 53.9. The van der Waals surface area contributed by atoms with E-state index in [0.717, 1.165) is 109 Å². The first kappa shape index (κ1) is 62.3. The summed E-state index contributed by atoms with van der Waals surface area (Å²) in [6.07, 6.45) is 71.0. The Morgan fingerprint density at radius 3 is 0.924 bits per heavy atom. The van der Waals surface area contributed by atoms with Gasteiger partial charge in [0.15, 0.2) is 6.10 Å². The van der Waals surface area contributed by atoms with Crippen molar-refractivity contribution in [1.82, 2.24) is 0 Å². The molecule has 6 nitrogen and oxygen atoms in total. The molecule has 6 heteroatoms. The average Bonchev–Trinajstić information content (AvgIpc) is 3.31. The predicted octanol–water partition coefficient (Wildman–Crippen LogP) is 18.1. The summed E-state index contributed by atoms with van der Waals surface area (Å²) in [5, 5.41) is 0. The van der Waals surface area contributed by atoms with Crippen LogP contribution in [0.25, 0.3) is 0 Å². The molecule has 0 bridgehead atoms. The molecule has 0 fully saturated rings. The molecule has 0 radical (unpaired) electrons. The van der Waals surface area contributed by atoms with Gasteiger partial charge in [0.25, 0.3) is 0 Å². The molecule has 376 valence electrons. The van der Waals surface area contributed by atoms with E-state index in [2.05, 4.69) is 81.5 Å². The third-order valence-electron chi connectivity index (χ3n) is 11.5. The van der Waals surface area contributed by atoms with E-state index in [9.17, 15) is 14.4 Å². The van der Waals surface area contributed by atoms with E-state index in [1.807, 2.05) is 36.5 Å². The number of rotatable bonds is 48. The van der Waals surface area contributed by atoms with E-state index in [0.29, 0.717) is 19.3 Å². The number of hydrogen-bond donors (Lipinski definition) is 0. The summed E-state index contributed by atoms with van der Waals surface area (Å²) in [5.74, 6) is -0.939. The van der Waals surface area contributed by atoms with Gasteiger partial charge in [0.2, 0.25) is 0 Å². The van der Waals surface area contributed by atoms with Crippen LogP contribution >= 0.6 is 0 Å². The first-order valence-corrected chi connectivity index (χ1v) is 27.3. The maximum absolute atomic E-state index is 12.8. The van der Waals surface area contributed by atoms with E-state index in [-0.39, 0.29) is 31.1 Å². The fraction of sp³-hybridized carbons (Fsp3) is 0.683. The lowest BCUT2D eigenvalue weighted by molar-refractivity contribution is -0.167. The number of ether oxygens (including phenoxy) is 3. The Labute approximate surface area is 407 Å². The highest BCUT2D eigenvalue weighted by Gasteiger charge is 2.19. The van der Waals surface area contributed by atoms with Crippen molar-refractivity contribution >= 4 is 17.9 Å². The molecule has 0 aliphatic heterocycles. The summed E-state index contributed by atoms with van der Waals surface area (Å²) in [6, 6.07) is 0. The van der Waals surface area contributed by atoms with Gasteiger partial charge in [-0.3, -0.25) is 14.4 Å². The van der Waals surface area contributed by atoms with Crippen molar-refractivity contribution in [3.05, 3.63) is 97.2 Å². The minimum absolute atomic E-state index is 0.0942. The van der Waals surface area contributed by atoms with Crippen LogP contribution in [0.5, 0.6) is 0 Å². The lowest BCUT2D eigenvalue weighted by Gasteiger charge is -2.18. The Kier molecular flexibility index (Phi) is 50.9. The summed E-state index contributed by atoms with van der Waals surface area (Å²) in [7, 11) is 0. The van der Waals surface area contributed by atoms with Gasteiger partial charge in [0.1, 0.15) is 13.2 Å². The van der Waals surface area contributed by atoms with Crippen LogP contribution in [0.15, 0.2) is 97.2 Å². The molecule has 0 aromatic carbocycles. The Balaban J connectivity index is 4.43. The zero-order valence-corrected chi connectivity index (χ0v) is 42.9. The first-order valence-electron chi connectivity index (χ1n) is 27.3. The van der Waals surface area contributed by atoms with Gasteiger partial charge in [0, 0.05) is 19.3 Å². The van der Waals surface area contributed by atoms with Crippen LogP contribution in [0.4, 0.5) is 0 Å². The average molecular weight is 917 g/mol. The Bertz CT molecular complexity index is 1330. The van der Waals surface area contributed by atoms with Crippen molar-refractivity contribution in [2.45, 2.75) is 252 Å². The summed E-state index contributed by atoms with van der Waals surface area (Å²) >= 11 is 0. The summed E-state index contributed by atoms with van der Waals surface area (Å²) in [4.78, 5) is 38.1. The molecular weight excluding hydrogens is 817 g/mol. The largest absolute Gasteiger partial charge is 0.462 e. The van der Waals surface area contributed by atoms with Gasteiger partial charge < -0.3 is 14.2 Å². The molecule has 0 amide bonds. The summed E-state index contributed by atoms with van der Waals surface area (Å²) in [5.41, 5.74) is 0. The SMILES string of the molecule is CC\C=C/C=C\C=C/C=C\CCCCCCCC(=O)OCC(COC(=O)CCCCCCCCCCCCCCCCCCCC)OC(=O)CCCCCCC\C=C/C=C\C=C/C=C\CC. The van der Waals surface area contributed by atoms with Crippen LogP contribution in [0.2, 0.25) is 0 Å². The highest BCUT2D eigenvalue weighted by Crippen LogP contribution is 2.16. The smallest absolute Gasteiger partial charge is 0.306 e. The zero-order chi connectivity index (χ0) is 47.9. The van der Waals surface area contributed by atoms with E-state index in [1.54, 1.807) is 0 Å². The second-order valence-corrected chi connectivity index (χ2v) is 17.9. The lowest BCUT2D eigenvalue weighted by atomic mass is 10.0. The van der Waals surface area contributed by atoms with Gasteiger partial charge in [-0.1, -0.05) is 266 Å². The van der Waals surface area contributed by atoms with Crippen LogP contribution in [-0.2, 0) is 28.6 Å². The molecule has 0 N–H and O–H groups in total. The number of carbonyl (C=O) groups is 3. The predicted molar refractivity (Wildman–Crippen MR) is 284 cm³/mol. The molecule has 1 unspecified atom stereocenters. The monoisotopic (exact) mass is 917 g/mol. The second-order valence-electron chi connectivity index (χ2n) is 17.9. The van der Waals surface area contributed by atoms with Crippen molar-refractivity contribution in [3.63, 3.8) is 0 Å². The third kappa shape index (κ3) is 51.3. The Morgan fingerprint density at radius 1 is 0.318 bits per heavy atom. The molecule has 0 rings (SSSR count). The maximum atomic E-state index is 12.8. The Morgan fingerprint density at radius 2 is 0.591 bits per heavy atom. The summed E-state index contributed by atoms with van der Waals surface area (Å²) < 4.78 is 16.8. The topological polar surface area (TPSA) is 78.9 Å². The molecule has 0 saturated heterocycles. The van der Waals surface area contributed by atoms with Crippen LogP contribution in [0.1, 0.15) is 245 Å². The molecule has 0 aliphatic rings. The van der Waals surface area contributed by atoms with Crippen LogP contribution < -0.4 is 0 Å². The number of allylic oxidation sites excluding steroid dienone is 16. The quantitative estimate of drug-likeness (QED) is 0.0262. The van der Waals surface area contributed by atoms with Crippen LogP contribution in [0, 0.1) is 0 Å². The molecular formula is C60H100O6. The van der Waals surface area contributed by atoms with Crippen LogP contribution in [-0.4, -0.2) is 37.2 Å².